The molecule has 0 amide bonds. The van der Waals surface area contributed by atoms with Crippen LogP contribution in [0.3, 0.4) is 0 Å². The summed E-state index contributed by atoms with van der Waals surface area (Å²) in [5.41, 5.74) is 1.99. The second-order valence-electron chi connectivity index (χ2n) is 4.63. The lowest BCUT2D eigenvalue weighted by Crippen LogP contribution is -2.09. The maximum atomic E-state index is 13.1. The number of aryl methyl sites for hydroxylation is 1. The second-order valence-corrected chi connectivity index (χ2v) is 5.71. The minimum absolute atomic E-state index is 0.302. The van der Waals surface area contributed by atoms with Crippen molar-refractivity contribution < 1.29 is 4.39 Å². The van der Waals surface area contributed by atoms with Gasteiger partial charge in [-0.2, -0.15) is 0 Å². The monoisotopic (exact) mass is 248 g/mol. The summed E-state index contributed by atoms with van der Waals surface area (Å²) in [5, 5.41) is 0.899. The van der Waals surface area contributed by atoms with Crippen molar-refractivity contribution in [2.24, 2.45) is 5.92 Å². The van der Waals surface area contributed by atoms with Crippen LogP contribution >= 0.6 is 11.3 Å². The molecule has 0 saturated heterocycles. The number of rotatable bonds is 1. The van der Waals surface area contributed by atoms with E-state index in [1.54, 1.807) is 17.5 Å². The van der Waals surface area contributed by atoms with Gasteiger partial charge in [-0.3, -0.25) is 4.98 Å². The smallest absolute Gasteiger partial charge is 0.142 e. The molecule has 1 aliphatic rings. The zero-order valence-corrected chi connectivity index (χ0v) is 10.4. The Labute approximate surface area is 104 Å². The molecule has 0 saturated carbocycles. The molecule has 2 heterocycles. The molecule has 4 heteroatoms. The van der Waals surface area contributed by atoms with Gasteiger partial charge in [0.15, 0.2) is 0 Å². The molecule has 0 bridgehead atoms. The lowest BCUT2D eigenvalue weighted by Gasteiger charge is -2.15. The van der Waals surface area contributed by atoms with Crippen molar-refractivity contribution in [1.82, 2.24) is 9.97 Å². The van der Waals surface area contributed by atoms with Gasteiger partial charge in [-0.25, -0.2) is 9.37 Å². The first-order chi connectivity index (χ1) is 8.22. The fraction of sp³-hybridized carbons (Fsp3) is 0.385. The Morgan fingerprint density at radius 3 is 3.12 bits per heavy atom. The van der Waals surface area contributed by atoms with Crippen molar-refractivity contribution in [3.05, 3.63) is 34.8 Å². The maximum Gasteiger partial charge on any atom is 0.142 e. The van der Waals surface area contributed by atoms with Gasteiger partial charge in [0.2, 0.25) is 0 Å². The van der Waals surface area contributed by atoms with Gasteiger partial charge in [-0.15, -0.1) is 11.3 Å². The molecule has 0 aliphatic heterocycles. The van der Waals surface area contributed by atoms with Crippen LogP contribution in [0, 0.1) is 11.7 Å². The topological polar surface area (TPSA) is 25.8 Å². The Morgan fingerprint density at radius 2 is 2.29 bits per heavy atom. The molecule has 0 fully saturated rings. The molecule has 1 atom stereocenters. The van der Waals surface area contributed by atoms with Crippen molar-refractivity contribution in [2.75, 3.05) is 0 Å². The van der Waals surface area contributed by atoms with Gasteiger partial charge in [0.1, 0.15) is 10.8 Å². The third-order valence-electron chi connectivity index (χ3n) is 3.14. The second kappa shape index (κ2) is 4.18. The van der Waals surface area contributed by atoms with Crippen LogP contribution in [-0.4, -0.2) is 9.97 Å². The number of halogens is 1. The SMILES string of the molecule is CC1CCc2nc(-c3cncc(F)c3)sc2C1. The van der Waals surface area contributed by atoms with E-state index in [-0.39, 0.29) is 5.82 Å². The summed E-state index contributed by atoms with van der Waals surface area (Å²) in [6, 6.07) is 1.50. The highest BCUT2D eigenvalue weighted by atomic mass is 32.1. The summed E-state index contributed by atoms with van der Waals surface area (Å²) in [6.07, 6.45) is 6.26. The summed E-state index contributed by atoms with van der Waals surface area (Å²) in [7, 11) is 0. The third kappa shape index (κ3) is 2.09. The van der Waals surface area contributed by atoms with Gasteiger partial charge in [0, 0.05) is 16.6 Å². The summed E-state index contributed by atoms with van der Waals surface area (Å²) in [5.74, 6) is 0.436. The van der Waals surface area contributed by atoms with Crippen molar-refractivity contribution in [3.63, 3.8) is 0 Å². The van der Waals surface area contributed by atoms with Crippen molar-refractivity contribution in [1.29, 1.82) is 0 Å². The first kappa shape index (κ1) is 10.8. The largest absolute Gasteiger partial charge is 0.261 e. The number of fused-ring (bicyclic) bond motifs is 1. The number of hydrogen-bond donors (Lipinski definition) is 0. The van der Waals surface area contributed by atoms with Crippen molar-refractivity contribution in [2.45, 2.75) is 26.2 Å². The van der Waals surface area contributed by atoms with E-state index in [0.29, 0.717) is 0 Å². The fourth-order valence-electron chi connectivity index (χ4n) is 2.19. The van der Waals surface area contributed by atoms with Gasteiger partial charge in [-0.05, 0) is 31.2 Å². The summed E-state index contributed by atoms with van der Waals surface area (Å²) in [4.78, 5) is 9.85. The van der Waals surface area contributed by atoms with E-state index in [4.69, 9.17) is 0 Å². The normalized spacial score (nSPS) is 19.1. The molecular formula is C13H13FN2S. The van der Waals surface area contributed by atoms with Crippen LogP contribution in [0.1, 0.15) is 23.9 Å². The summed E-state index contributed by atoms with van der Waals surface area (Å²) in [6.45, 7) is 2.27. The Hall–Kier alpha value is -1.29. The zero-order valence-electron chi connectivity index (χ0n) is 9.61. The molecule has 2 nitrogen and oxygen atoms in total. The van der Waals surface area contributed by atoms with Crippen LogP contribution in [0.5, 0.6) is 0 Å². The number of pyridine rings is 1. The first-order valence-corrected chi connectivity index (χ1v) is 6.63. The van der Waals surface area contributed by atoms with E-state index in [1.807, 2.05) is 0 Å². The van der Waals surface area contributed by atoms with Crippen molar-refractivity contribution >= 4 is 11.3 Å². The van der Waals surface area contributed by atoms with Gasteiger partial charge >= 0.3 is 0 Å². The fourth-order valence-corrected chi connectivity index (χ4v) is 3.44. The van der Waals surface area contributed by atoms with E-state index < -0.39 is 0 Å². The molecule has 1 aliphatic carbocycles. The average Bonchev–Trinajstić information content (AvgIpc) is 2.72. The number of thiazole rings is 1. The lowest BCUT2D eigenvalue weighted by atomic mass is 9.93. The minimum Gasteiger partial charge on any atom is -0.261 e. The van der Waals surface area contributed by atoms with Crippen LogP contribution in [-0.2, 0) is 12.8 Å². The Kier molecular flexibility index (Phi) is 2.67. The predicted octanol–water partition coefficient (Wildman–Crippen LogP) is 3.47. The van der Waals surface area contributed by atoms with E-state index in [0.717, 1.165) is 29.3 Å². The van der Waals surface area contributed by atoms with E-state index >= 15 is 0 Å². The number of nitrogens with zero attached hydrogens (tertiary/aromatic N) is 2. The van der Waals surface area contributed by atoms with Gasteiger partial charge in [-0.1, -0.05) is 6.92 Å². The Balaban J connectivity index is 2.00. The van der Waals surface area contributed by atoms with E-state index in [2.05, 4.69) is 16.9 Å². The van der Waals surface area contributed by atoms with Gasteiger partial charge in [0.25, 0.3) is 0 Å². The summed E-state index contributed by atoms with van der Waals surface area (Å²) >= 11 is 1.68. The molecule has 0 spiro atoms. The average molecular weight is 248 g/mol. The highest BCUT2D eigenvalue weighted by Crippen LogP contribution is 2.34. The molecule has 0 N–H and O–H groups in total. The number of aromatic nitrogens is 2. The number of hydrogen-bond acceptors (Lipinski definition) is 3. The summed E-state index contributed by atoms with van der Waals surface area (Å²) < 4.78 is 13.1. The van der Waals surface area contributed by atoms with Crippen LogP contribution in [0.25, 0.3) is 10.6 Å². The predicted molar refractivity (Wildman–Crippen MR) is 66.5 cm³/mol. The van der Waals surface area contributed by atoms with Crippen molar-refractivity contribution in [3.8, 4) is 10.6 Å². The van der Waals surface area contributed by atoms with Crippen LogP contribution in [0.2, 0.25) is 0 Å². The standard InChI is InChI=1S/C13H13FN2S/c1-8-2-3-11-12(4-8)17-13(16-11)9-5-10(14)7-15-6-9/h5-8H,2-4H2,1H3. The van der Waals surface area contributed by atoms with Crippen LogP contribution < -0.4 is 0 Å². The Bertz CT molecular complexity index is 550. The van der Waals surface area contributed by atoms with Crippen LogP contribution in [0.15, 0.2) is 18.5 Å². The molecule has 2 aromatic rings. The quantitative estimate of drug-likeness (QED) is 0.772. The zero-order chi connectivity index (χ0) is 11.8. The van der Waals surface area contributed by atoms with Gasteiger partial charge < -0.3 is 0 Å². The first-order valence-electron chi connectivity index (χ1n) is 5.82. The highest BCUT2D eigenvalue weighted by Gasteiger charge is 2.20. The highest BCUT2D eigenvalue weighted by molar-refractivity contribution is 7.15. The minimum atomic E-state index is -0.302. The molecule has 0 aromatic carbocycles. The lowest BCUT2D eigenvalue weighted by molar-refractivity contribution is 0.502. The molecule has 1 unspecified atom stereocenters. The van der Waals surface area contributed by atoms with Gasteiger partial charge in [0.05, 0.1) is 11.9 Å². The molecule has 17 heavy (non-hydrogen) atoms. The van der Waals surface area contributed by atoms with E-state index in [9.17, 15) is 4.39 Å². The Morgan fingerprint density at radius 1 is 1.41 bits per heavy atom. The molecule has 3 rings (SSSR count). The van der Waals surface area contributed by atoms with E-state index in [1.165, 1.54) is 29.3 Å². The van der Waals surface area contributed by atoms with Crippen LogP contribution in [0.4, 0.5) is 4.39 Å². The third-order valence-corrected chi connectivity index (χ3v) is 4.31. The maximum absolute atomic E-state index is 13.1. The molecule has 88 valence electrons. The molecule has 2 aromatic heterocycles. The molecule has 0 radical (unpaired) electrons. The molecular weight excluding hydrogens is 235 g/mol.